The van der Waals surface area contributed by atoms with Crippen molar-refractivity contribution in [3.63, 3.8) is 0 Å². The number of aromatic nitrogens is 2. The zero-order valence-electron chi connectivity index (χ0n) is 19.5. The van der Waals surface area contributed by atoms with E-state index in [4.69, 9.17) is 14.2 Å². The lowest BCUT2D eigenvalue weighted by atomic mass is 10.0. The number of benzene rings is 2. The van der Waals surface area contributed by atoms with Crippen LogP contribution >= 0.6 is 15.9 Å². The highest BCUT2D eigenvalue weighted by Gasteiger charge is 2.14. The van der Waals surface area contributed by atoms with Crippen LogP contribution in [0.1, 0.15) is 45.1 Å². The van der Waals surface area contributed by atoms with Crippen LogP contribution in [-0.2, 0) is 20.7 Å². The van der Waals surface area contributed by atoms with Crippen molar-refractivity contribution >= 4 is 50.3 Å². The highest BCUT2D eigenvalue weighted by atomic mass is 79.9. The third kappa shape index (κ3) is 7.15. The number of carbonyl (C=O) groups excluding carboxylic acids is 2. The van der Waals surface area contributed by atoms with Crippen molar-refractivity contribution < 1.29 is 23.8 Å². The fourth-order valence-electron chi connectivity index (χ4n) is 3.56. The van der Waals surface area contributed by atoms with Crippen LogP contribution in [-0.4, -0.2) is 35.6 Å². The minimum absolute atomic E-state index is 0.235. The van der Waals surface area contributed by atoms with Crippen molar-refractivity contribution in [1.82, 2.24) is 9.97 Å². The first-order chi connectivity index (χ1) is 16.4. The molecule has 0 amide bonds. The minimum Gasteiger partial charge on any atom is -0.493 e. The van der Waals surface area contributed by atoms with E-state index >= 15 is 0 Å². The van der Waals surface area contributed by atoms with Gasteiger partial charge in [0.1, 0.15) is 12.1 Å². The number of anilines is 2. The average molecular weight is 530 g/mol. The van der Waals surface area contributed by atoms with Gasteiger partial charge in [0.25, 0.3) is 0 Å². The fourth-order valence-corrected chi connectivity index (χ4v) is 3.92. The number of rotatable bonds is 11. The number of fused-ring (bicyclic) bond motifs is 1. The van der Waals surface area contributed by atoms with Crippen LogP contribution in [0, 0.1) is 0 Å². The summed E-state index contributed by atoms with van der Waals surface area (Å²) in [5, 5.41) is 4.13. The number of esters is 2. The van der Waals surface area contributed by atoms with Gasteiger partial charge in [0.05, 0.1) is 19.2 Å². The summed E-state index contributed by atoms with van der Waals surface area (Å²) in [6.07, 6.45) is 6.29. The topological polar surface area (TPSA) is 99.6 Å². The molecule has 0 atom stereocenters. The molecule has 3 rings (SSSR count). The van der Waals surface area contributed by atoms with Gasteiger partial charge in [0, 0.05) is 35.5 Å². The first kappa shape index (κ1) is 25.4. The third-order valence-corrected chi connectivity index (χ3v) is 5.64. The molecule has 180 valence electrons. The van der Waals surface area contributed by atoms with Gasteiger partial charge in [-0.05, 0) is 43.0 Å². The second-order valence-electron chi connectivity index (χ2n) is 7.77. The van der Waals surface area contributed by atoms with E-state index in [9.17, 15) is 9.59 Å². The second-order valence-corrected chi connectivity index (χ2v) is 8.68. The van der Waals surface area contributed by atoms with Crippen LogP contribution in [0.5, 0.6) is 11.5 Å². The maximum atomic E-state index is 11.5. The number of hydrogen-bond donors (Lipinski definition) is 1. The van der Waals surface area contributed by atoms with Crippen molar-refractivity contribution in [3.8, 4) is 11.5 Å². The Morgan fingerprint density at radius 1 is 0.971 bits per heavy atom. The normalized spacial score (nSPS) is 10.7. The van der Waals surface area contributed by atoms with Crippen LogP contribution < -0.4 is 14.8 Å². The van der Waals surface area contributed by atoms with Gasteiger partial charge < -0.3 is 19.5 Å². The van der Waals surface area contributed by atoms with E-state index < -0.39 is 5.97 Å². The Bertz CT molecular complexity index is 1170. The molecule has 0 saturated carbocycles. The predicted octanol–water partition coefficient (Wildman–Crippen LogP) is 5.74. The van der Waals surface area contributed by atoms with Crippen molar-refractivity contribution in [2.24, 2.45) is 0 Å². The van der Waals surface area contributed by atoms with Gasteiger partial charge in [-0.1, -0.05) is 34.8 Å². The molecule has 0 aliphatic heterocycles. The van der Waals surface area contributed by atoms with E-state index in [2.05, 4.69) is 37.3 Å². The number of hydrogen-bond acceptors (Lipinski definition) is 8. The van der Waals surface area contributed by atoms with Gasteiger partial charge in [0.2, 0.25) is 0 Å². The number of nitrogens with one attached hydrogen (secondary N) is 1. The Kier molecular flexibility index (Phi) is 9.21. The molecule has 0 unspecified atom stereocenters. The van der Waals surface area contributed by atoms with Crippen molar-refractivity contribution in [2.75, 3.05) is 19.0 Å². The molecular formula is C25H28BrN3O5. The molecule has 1 heterocycles. The van der Waals surface area contributed by atoms with Gasteiger partial charge in [-0.3, -0.25) is 9.59 Å². The fraction of sp³-hybridized carbons (Fsp3) is 0.360. The van der Waals surface area contributed by atoms with Gasteiger partial charge in [-0.2, -0.15) is 0 Å². The second kappa shape index (κ2) is 12.3. The molecule has 0 bridgehead atoms. The summed E-state index contributed by atoms with van der Waals surface area (Å²) in [5.41, 5.74) is 2.75. The molecule has 1 aromatic heterocycles. The zero-order valence-corrected chi connectivity index (χ0v) is 21.1. The van der Waals surface area contributed by atoms with Crippen molar-refractivity contribution in [3.05, 3.63) is 46.7 Å². The van der Waals surface area contributed by atoms with Crippen molar-refractivity contribution in [1.29, 1.82) is 0 Å². The number of carbonyl (C=O) groups is 2. The Hall–Kier alpha value is -3.20. The van der Waals surface area contributed by atoms with E-state index in [1.54, 1.807) is 12.1 Å². The largest absolute Gasteiger partial charge is 0.493 e. The first-order valence-electron chi connectivity index (χ1n) is 11.1. The summed E-state index contributed by atoms with van der Waals surface area (Å²) in [5.74, 6) is 0.655. The zero-order chi connectivity index (χ0) is 24.5. The smallest absolute Gasteiger partial charge is 0.308 e. The molecular weight excluding hydrogens is 502 g/mol. The maximum Gasteiger partial charge on any atom is 0.308 e. The maximum absolute atomic E-state index is 11.5. The number of unbranched alkanes of at least 4 members (excludes halogenated alkanes) is 3. The summed E-state index contributed by atoms with van der Waals surface area (Å²) in [6.45, 7) is 3.24. The summed E-state index contributed by atoms with van der Waals surface area (Å²) < 4.78 is 16.6. The van der Waals surface area contributed by atoms with Crippen molar-refractivity contribution in [2.45, 2.75) is 46.0 Å². The van der Waals surface area contributed by atoms with Crippen LogP contribution in [0.25, 0.3) is 10.9 Å². The lowest BCUT2D eigenvalue weighted by Gasteiger charge is -2.15. The Labute approximate surface area is 207 Å². The highest BCUT2D eigenvalue weighted by molar-refractivity contribution is 9.10. The number of ether oxygens (including phenoxy) is 3. The van der Waals surface area contributed by atoms with Crippen LogP contribution in [0.15, 0.2) is 41.1 Å². The van der Waals surface area contributed by atoms with Gasteiger partial charge in [-0.25, -0.2) is 9.97 Å². The lowest BCUT2D eigenvalue weighted by Crippen LogP contribution is -2.04. The summed E-state index contributed by atoms with van der Waals surface area (Å²) in [4.78, 5) is 31.1. The van der Waals surface area contributed by atoms with E-state index in [-0.39, 0.29) is 5.97 Å². The van der Waals surface area contributed by atoms with Gasteiger partial charge in [-0.15, -0.1) is 0 Å². The molecule has 9 heteroatoms. The van der Waals surface area contributed by atoms with Crippen LogP contribution in [0.3, 0.4) is 0 Å². The molecule has 0 radical (unpaired) electrons. The third-order valence-electron chi connectivity index (χ3n) is 5.15. The molecule has 0 spiro atoms. The van der Waals surface area contributed by atoms with E-state index in [0.29, 0.717) is 34.8 Å². The Balaban J connectivity index is 1.78. The molecule has 2 aromatic carbocycles. The van der Waals surface area contributed by atoms with E-state index in [1.807, 2.05) is 12.1 Å². The molecule has 0 saturated heterocycles. The average Bonchev–Trinajstić information content (AvgIpc) is 2.79. The predicted molar refractivity (Wildman–Crippen MR) is 134 cm³/mol. The number of halogens is 1. The molecule has 0 aliphatic carbocycles. The molecule has 0 aliphatic rings. The number of methoxy groups -OCH3 is 1. The quantitative estimate of drug-likeness (QED) is 0.191. The standard InChI is InChI=1S/C25H28BrN3O5/c1-16(30)33-11-7-5-4-6-8-18-9-10-19(26)12-21(18)29-25-20-13-24(34-17(2)31)23(32-3)14-22(20)27-15-28-25/h9-10,12-15H,4-8,11H2,1-3H3,(H,27,28,29). The minimum atomic E-state index is -0.439. The van der Waals surface area contributed by atoms with E-state index in [0.717, 1.165) is 47.8 Å². The van der Waals surface area contributed by atoms with Crippen LogP contribution in [0.4, 0.5) is 11.5 Å². The summed E-state index contributed by atoms with van der Waals surface area (Å²) in [6, 6.07) is 9.54. The van der Waals surface area contributed by atoms with Gasteiger partial charge in [0.15, 0.2) is 11.5 Å². The molecule has 8 nitrogen and oxygen atoms in total. The Morgan fingerprint density at radius 2 is 1.76 bits per heavy atom. The SMILES string of the molecule is COc1cc2ncnc(Nc3cc(Br)ccc3CCCCCCOC(C)=O)c2cc1OC(C)=O. The number of aryl methyl sites for hydroxylation is 1. The highest BCUT2D eigenvalue weighted by Crippen LogP contribution is 2.35. The first-order valence-corrected chi connectivity index (χ1v) is 11.9. The van der Waals surface area contributed by atoms with Gasteiger partial charge >= 0.3 is 11.9 Å². The molecule has 3 aromatic rings. The monoisotopic (exact) mass is 529 g/mol. The lowest BCUT2D eigenvalue weighted by molar-refractivity contribution is -0.141. The number of nitrogens with zero attached hydrogens (tertiary/aromatic N) is 2. The van der Waals surface area contributed by atoms with Crippen LogP contribution in [0.2, 0.25) is 0 Å². The molecule has 0 fully saturated rings. The van der Waals surface area contributed by atoms with E-state index in [1.165, 1.54) is 27.3 Å². The summed E-state index contributed by atoms with van der Waals surface area (Å²) >= 11 is 3.55. The molecule has 34 heavy (non-hydrogen) atoms. The molecule has 1 N–H and O–H groups in total. The Morgan fingerprint density at radius 3 is 2.50 bits per heavy atom. The summed E-state index contributed by atoms with van der Waals surface area (Å²) in [7, 11) is 1.51.